The number of esters is 2. The molecule has 9 heteroatoms. The Balaban J connectivity index is 2.10. The van der Waals surface area contributed by atoms with Gasteiger partial charge < -0.3 is 14.8 Å². The molecular formula is C18H25N3O6. The van der Waals surface area contributed by atoms with E-state index >= 15 is 0 Å². The smallest absolute Gasteiger partial charge is 0.340 e. The van der Waals surface area contributed by atoms with Crippen LogP contribution in [0.1, 0.15) is 28.8 Å². The molecule has 0 aromatic heterocycles. The van der Waals surface area contributed by atoms with Crippen LogP contribution in [0.3, 0.4) is 0 Å². The summed E-state index contributed by atoms with van der Waals surface area (Å²) in [7, 11) is 2.61. The van der Waals surface area contributed by atoms with Crippen LogP contribution in [0.25, 0.3) is 0 Å². The molecule has 0 aliphatic carbocycles. The second-order valence-electron chi connectivity index (χ2n) is 6.63. The fraction of sp³-hybridized carbons (Fsp3) is 0.556. The number of hydrogen-bond donors (Lipinski definition) is 1. The van der Waals surface area contributed by atoms with Gasteiger partial charge in [0.1, 0.15) is 0 Å². The van der Waals surface area contributed by atoms with Gasteiger partial charge in [0.25, 0.3) is 5.69 Å². The first-order chi connectivity index (χ1) is 12.8. The van der Waals surface area contributed by atoms with Gasteiger partial charge in [-0.05, 0) is 38.3 Å². The molecular weight excluding hydrogens is 354 g/mol. The number of nitrogens with zero attached hydrogens (tertiary/aromatic N) is 2. The van der Waals surface area contributed by atoms with Gasteiger partial charge >= 0.3 is 11.9 Å². The second kappa shape index (κ2) is 9.31. The number of ether oxygens (including phenoxy) is 2. The van der Waals surface area contributed by atoms with Crippen LogP contribution in [0.4, 0.5) is 11.4 Å². The fourth-order valence-electron chi connectivity index (χ4n) is 3.28. The van der Waals surface area contributed by atoms with E-state index in [2.05, 4.69) is 5.32 Å². The van der Waals surface area contributed by atoms with Crippen LogP contribution in [-0.2, 0) is 14.3 Å². The number of nitro benzene ring substituents is 1. The van der Waals surface area contributed by atoms with Crippen molar-refractivity contribution in [1.29, 1.82) is 0 Å². The van der Waals surface area contributed by atoms with Gasteiger partial charge in [0.15, 0.2) is 0 Å². The molecule has 1 aromatic rings. The average Bonchev–Trinajstić information content (AvgIpc) is 2.65. The van der Waals surface area contributed by atoms with Crippen LogP contribution in [0, 0.1) is 23.0 Å². The number of hydrogen-bond acceptors (Lipinski definition) is 8. The highest BCUT2D eigenvalue weighted by Crippen LogP contribution is 2.28. The molecule has 1 aromatic carbocycles. The summed E-state index contributed by atoms with van der Waals surface area (Å²) in [5.74, 6) is -0.608. The molecule has 0 spiro atoms. The van der Waals surface area contributed by atoms with Crippen molar-refractivity contribution in [3.05, 3.63) is 33.4 Å². The third-order valence-electron chi connectivity index (χ3n) is 4.70. The lowest BCUT2D eigenvalue weighted by Gasteiger charge is -2.32. The van der Waals surface area contributed by atoms with E-state index in [1.807, 2.05) is 4.90 Å². The Hall–Kier alpha value is -2.68. The molecule has 2 rings (SSSR count). The molecule has 27 heavy (non-hydrogen) atoms. The van der Waals surface area contributed by atoms with Gasteiger partial charge in [-0.2, -0.15) is 0 Å². The summed E-state index contributed by atoms with van der Waals surface area (Å²) in [5.41, 5.74) is 0.987. The van der Waals surface area contributed by atoms with E-state index in [1.54, 1.807) is 13.0 Å². The summed E-state index contributed by atoms with van der Waals surface area (Å²) in [6.07, 6.45) is 1.96. The molecule has 1 aliphatic rings. The van der Waals surface area contributed by atoms with Gasteiger partial charge in [-0.25, -0.2) is 4.79 Å². The number of nitrogens with one attached hydrogen (secondary N) is 1. The number of likely N-dealkylation sites (tertiary alicyclic amines) is 1. The largest absolute Gasteiger partial charge is 0.468 e. The standard InChI is InChI=1S/C18H25N3O6/c1-12-7-15(14(18(23)27-3)8-16(12)21(24)25)19-9-13-5-4-6-20(10-13)11-17(22)26-2/h7-8,13,19H,4-6,9-11H2,1-3H3. The van der Waals surface area contributed by atoms with Gasteiger partial charge in [-0.15, -0.1) is 0 Å². The minimum atomic E-state index is -0.628. The summed E-state index contributed by atoms with van der Waals surface area (Å²) in [4.78, 5) is 36.2. The van der Waals surface area contributed by atoms with Crippen LogP contribution in [-0.4, -0.2) is 62.2 Å². The van der Waals surface area contributed by atoms with Gasteiger partial charge in [-0.3, -0.25) is 19.8 Å². The zero-order valence-electron chi connectivity index (χ0n) is 15.8. The first kappa shape index (κ1) is 20.6. The zero-order valence-corrected chi connectivity index (χ0v) is 15.8. The minimum Gasteiger partial charge on any atom is -0.468 e. The summed E-state index contributed by atoms with van der Waals surface area (Å²) < 4.78 is 9.47. The molecule has 1 fully saturated rings. The molecule has 9 nitrogen and oxygen atoms in total. The van der Waals surface area contributed by atoms with Gasteiger partial charge in [0, 0.05) is 30.4 Å². The van der Waals surface area contributed by atoms with Crippen molar-refractivity contribution in [2.24, 2.45) is 5.92 Å². The van der Waals surface area contributed by atoms with Crippen molar-refractivity contribution in [2.45, 2.75) is 19.8 Å². The van der Waals surface area contributed by atoms with Gasteiger partial charge in [-0.1, -0.05) is 0 Å². The van der Waals surface area contributed by atoms with Crippen molar-refractivity contribution in [3.63, 3.8) is 0 Å². The lowest BCUT2D eigenvalue weighted by atomic mass is 9.97. The van der Waals surface area contributed by atoms with Crippen LogP contribution in [0.15, 0.2) is 12.1 Å². The molecule has 1 saturated heterocycles. The van der Waals surface area contributed by atoms with Crippen molar-refractivity contribution in [2.75, 3.05) is 45.7 Å². The highest BCUT2D eigenvalue weighted by Gasteiger charge is 2.24. The van der Waals surface area contributed by atoms with Crippen molar-refractivity contribution in [1.82, 2.24) is 4.90 Å². The Labute approximate surface area is 157 Å². The number of aryl methyl sites for hydroxylation is 1. The maximum atomic E-state index is 12.0. The molecule has 0 saturated carbocycles. The molecule has 1 heterocycles. The first-order valence-electron chi connectivity index (χ1n) is 8.76. The number of benzene rings is 1. The van der Waals surface area contributed by atoms with E-state index in [4.69, 9.17) is 9.47 Å². The molecule has 1 unspecified atom stereocenters. The van der Waals surface area contributed by atoms with E-state index in [0.717, 1.165) is 25.9 Å². The van der Waals surface area contributed by atoms with Crippen LogP contribution in [0.5, 0.6) is 0 Å². The Bertz CT molecular complexity index is 721. The lowest BCUT2D eigenvalue weighted by Crippen LogP contribution is -2.41. The summed E-state index contributed by atoms with van der Waals surface area (Å²) >= 11 is 0. The predicted octanol–water partition coefficient (Wildman–Crippen LogP) is 1.99. The maximum absolute atomic E-state index is 12.0. The van der Waals surface area contributed by atoms with E-state index in [1.165, 1.54) is 20.3 Å². The summed E-state index contributed by atoms with van der Waals surface area (Å²) in [6.45, 7) is 4.05. The average molecular weight is 379 g/mol. The highest BCUT2D eigenvalue weighted by atomic mass is 16.6. The SMILES string of the molecule is COC(=O)CN1CCCC(CNc2cc(C)c([N+](=O)[O-])cc2C(=O)OC)C1. The predicted molar refractivity (Wildman–Crippen MR) is 98.8 cm³/mol. The number of rotatable bonds is 7. The van der Waals surface area contributed by atoms with Crippen molar-refractivity contribution in [3.8, 4) is 0 Å². The minimum absolute atomic E-state index is 0.122. The van der Waals surface area contributed by atoms with E-state index in [9.17, 15) is 19.7 Å². The third-order valence-corrected chi connectivity index (χ3v) is 4.70. The summed E-state index contributed by atoms with van der Waals surface area (Å²) in [6, 6.07) is 2.84. The Kier molecular flexibility index (Phi) is 7.12. The van der Waals surface area contributed by atoms with Gasteiger partial charge in [0.2, 0.25) is 0 Å². The van der Waals surface area contributed by atoms with Crippen LogP contribution < -0.4 is 5.32 Å². The van der Waals surface area contributed by atoms with Crippen molar-refractivity contribution < 1.29 is 24.0 Å². The Morgan fingerprint density at radius 3 is 2.70 bits per heavy atom. The Morgan fingerprint density at radius 1 is 1.33 bits per heavy atom. The Morgan fingerprint density at radius 2 is 2.07 bits per heavy atom. The number of piperidine rings is 1. The number of carbonyl (C=O) groups excluding carboxylic acids is 2. The topological polar surface area (TPSA) is 111 Å². The summed E-state index contributed by atoms with van der Waals surface area (Å²) in [5, 5.41) is 14.4. The third kappa shape index (κ3) is 5.40. The van der Waals surface area contributed by atoms with Gasteiger partial charge in [0.05, 0.1) is 31.3 Å². The fourth-order valence-corrected chi connectivity index (χ4v) is 3.28. The first-order valence-corrected chi connectivity index (χ1v) is 8.76. The lowest BCUT2D eigenvalue weighted by molar-refractivity contribution is -0.385. The molecule has 0 radical (unpaired) electrons. The number of methoxy groups -OCH3 is 2. The highest BCUT2D eigenvalue weighted by molar-refractivity contribution is 5.96. The molecule has 0 bridgehead atoms. The zero-order chi connectivity index (χ0) is 20.0. The quantitative estimate of drug-likeness (QED) is 0.435. The molecule has 0 amide bonds. The van der Waals surface area contributed by atoms with E-state index in [-0.39, 0.29) is 29.7 Å². The second-order valence-corrected chi connectivity index (χ2v) is 6.63. The molecule has 1 aliphatic heterocycles. The number of carbonyl (C=O) groups is 2. The van der Waals surface area contributed by atoms with E-state index < -0.39 is 10.9 Å². The normalized spacial score (nSPS) is 17.2. The van der Waals surface area contributed by atoms with Crippen molar-refractivity contribution >= 4 is 23.3 Å². The van der Waals surface area contributed by atoms with Crippen LogP contribution in [0.2, 0.25) is 0 Å². The number of anilines is 1. The van der Waals surface area contributed by atoms with E-state index in [0.29, 0.717) is 17.8 Å². The molecule has 148 valence electrons. The number of nitro groups is 1. The van der Waals surface area contributed by atoms with Crippen LogP contribution >= 0.6 is 0 Å². The molecule has 1 N–H and O–H groups in total. The monoisotopic (exact) mass is 379 g/mol. The maximum Gasteiger partial charge on any atom is 0.340 e. The molecule has 1 atom stereocenters.